The first-order valence-corrected chi connectivity index (χ1v) is 8.74. The molecule has 0 amide bonds. The average Bonchev–Trinajstić information content (AvgIpc) is 2.56. The van der Waals surface area contributed by atoms with E-state index in [9.17, 15) is 12.8 Å². The molecule has 0 atom stereocenters. The lowest BCUT2D eigenvalue weighted by molar-refractivity contribution is 0.347. The van der Waals surface area contributed by atoms with E-state index in [4.69, 9.17) is 21.1 Å². The van der Waals surface area contributed by atoms with Crippen LogP contribution in [0.15, 0.2) is 41.3 Å². The predicted octanol–water partition coefficient (Wildman–Crippen LogP) is 3.32. The van der Waals surface area contributed by atoms with E-state index >= 15 is 0 Å². The van der Waals surface area contributed by atoms with Gasteiger partial charge in [-0.3, -0.25) is 0 Å². The topological polar surface area (TPSA) is 55.8 Å². The molecule has 0 fully saturated rings. The maximum atomic E-state index is 13.2. The number of benzene rings is 2. The van der Waals surface area contributed by atoms with Gasteiger partial charge in [-0.1, -0.05) is 23.7 Å². The van der Waals surface area contributed by atoms with Crippen LogP contribution in [0.1, 0.15) is 5.56 Å². The third kappa shape index (κ3) is 3.63. The summed E-state index contributed by atoms with van der Waals surface area (Å²) in [6.45, 7) is 0.0533. The molecule has 2 aromatic carbocycles. The molecule has 0 aliphatic rings. The van der Waals surface area contributed by atoms with Gasteiger partial charge in [0.05, 0.1) is 24.1 Å². The van der Waals surface area contributed by atoms with E-state index in [1.165, 1.54) is 27.3 Å². The zero-order valence-electron chi connectivity index (χ0n) is 13.4. The van der Waals surface area contributed by atoms with Crippen LogP contribution in [-0.4, -0.2) is 34.0 Å². The van der Waals surface area contributed by atoms with Gasteiger partial charge in [0.25, 0.3) is 0 Å². The number of halogens is 2. The number of para-hydroxylation sites is 1. The first-order chi connectivity index (χ1) is 11.3. The SMILES string of the molecule is COc1cccc(CN(C)S(=O)(=O)c2ccc(F)c(Cl)c2)c1OC. The molecule has 5 nitrogen and oxygen atoms in total. The summed E-state index contributed by atoms with van der Waals surface area (Å²) in [5, 5.41) is -0.247. The second kappa shape index (κ2) is 7.38. The lowest BCUT2D eigenvalue weighted by Crippen LogP contribution is -2.26. The van der Waals surface area contributed by atoms with Crippen LogP contribution in [0.5, 0.6) is 11.5 Å². The van der Waals surface area contributed by atoms with Crippen molar-refractivity contribution in [2.75, 3.05) is 21.3 Å². The van der Waals surface area contributed by atoms with Crippen LogP contribution in [0.3, 0.4) is 0 Å². The van der Waals surface area contributed by atoms with E-state index in [2.05, 4.69) is 0 Å². The average molecular weight is 374 g/mol. The Morgan fingerprint density at radius 1 is 1.17 bits per heavy atom. The van der Waals surface area contributed by atoms with E-state index in [1.807, 2.05) is 0 Å². The van der Waals surface area contributed by atoms with Crippen LogP contribution in [-0.2, 0) is 16.6 Å². The molecule has 0 saturated heterocycles. The molecule has 0 radical (unpaired) electrons. The highest BCUT2D eigenvalue weighted by Gasteiger charge is 2.23. The van der Waals surface area contributed by atoms with Gasteiger partial charge in [0.1, 0.15) is 5.82 Å². The molecule has 0 heterocycles. The van der Waals surface area contributed by atoms with Crippen LogP contribution < -0.4 is 9.47 Å². The number of rotatable bonds is 6. The summed E-state index contributed by atoms with van der Waals surface area (Å²) in [5.41, 5.74) is 0.635. The van der Waals surface area contributed by atoms with Gasteiger partial charge in [-0.05, 0) is 24.3 Å². The van der Waals surface area contributed by atoms with Gasteiger partial charge in [-0.2, -0.15) is 4.31 Å². The molecule has 0 spiro atoms. The lowest BCUT2D eigenvalue weighted by Gasteiger charge is -2.20. The summed E-state index contributed by atoms with van der Waals surface area (Å²) < 4.78 is 50.1. The summed E-state index contributed by atoms with van der Waals surface area (Å²) in [6, 6.07) is 8.49. The van der Waals surface area contributed by atoms with Crippen LogP contribution in [0.2, 0.25) is 5.02 Å². The zero-order valence-corrected chi connectivity index (χ0v) is 15.0. The van der Waals surface area contributed by atoms with Gasteiger partial charge >= 0.3 is 0 Å². The predicted molar refractivity (Wildman–Crippen MR) is 89.6 cm³/mol. The number of ether oxygens (including phenoxy) is 2. The normalized spacial score (nSPS) is 11.6. The minimum absolute atomic E-state index is 0.0533. The molecule has 0 aliphatic carbocycles. The summed E-state index contributed by atoms with van der Waals surface area (Å²) in [5.74, 6) is 0.289. The van der Waals surface area contributed by atoms with Crippen LogP contribution >= 0.6 is 11.6 Å². The fraction of sp³-hybridized carbons (Fsp3) is 0.250. The second-order valence-electron chi connectivity index (χ2n) is 4.99. The molecule has 8 heteroatoms. The maximum Gasteiger partial charge on any atom is 0.243 e. The standard InChI is InChI=1S/C16H17ClFNO4S/c1-19(10-11-5-4-6-15(22-2)16(11)23-3)24(20,21)12-7-8-14(18)13(17)9-12/h4-9H,10H2,1-3H3. The van der Waals surface area contributed by atoms with E-state index in [1.54, 1.807) is 18.2 Å². The Balaban J connectivity index is 2.35. The maximum absolute atomic E-state index is 13.2. The number of hydrogen-bond acceptors (Lipinski definition) is 4. The Morgan fingerprint density at radius 2 is 1.88 bits per heavy atom. The highest BCUT2D eigenvalue weighted by Crippen LogP contribution is 2.32. The van der Waals surface area contributed by atoms with Crippen molar-refractivity contribution in [3.05, 3.63) is 52.8 Å². The molecule has 0 unspecified atom stereocenters. The lowest BCUT2D eigenvalue weighted by atomic mass is 10.2. The van der Waals surface area contributed by atoms with Crippen molar-refractivity contribution in [1.82, 2.24) is 4.31 Å². The summed E-state index contributed by atoms with van der Waals surface area (Å²) in [7, 11) is 0.571. The van der Waals surface area contributed by atoms with Crippen LogP contribution in [0.4, 0.5) is 4.39 Å². The molecular formula is C16H17ClFNO4S. The minimum Gasteiger partial charge on any atom is -0.493 e. The summed E-state index contributed by atoms with van der Waals surface area (Å²) in [6.07, 6.45) is 0. The van der Waals surface area contributed by atoms with Crippen molar-refractivity contribution in [3.63, 3.8) is 0 Å². The number of hydrogen-bond donors (Lipinski definition) is 0. The zero-order chi connectivity index (χ0) is 17.9. The Kier molecular flexibility index (Phi) is 5.69. The highest BCUT2D eigenvalue weighted by molar-refractivity contribution is 7.89. The second-order valence-corrected chi connectivity index (χ2v) is 7.44. The van der Waals surface area contributed by atoms with Crippen LogP contribution in [0.25, 0.3) is 0 Å². The van der Waals surface area contributed by atoms with Crippen molar-refractivity contribution >= 4 is 21.6 Å². The van der Waals surface area contributed by atoms with E-state index in [-0.39, 0.29) is 16.5 Å². The van der Waals surface area contributed by atoms with Gasteiger partial charge in [0.15, 0.2) is 11.5 Å². The third-order valence-electron chi connectivity index (χ3n) is 3.48. The van der Waals surface area contributed by atoms with Crippen molar-refractivity contribution in [3.8, 4) is 11.5 Å². The molecule has 0 saturated carbocycles. The largest absolute Gasteiger partial charge is 0.493 e. The molecule has 2 rings (SSSR count). The molecular weight excluding hydrogens is 357 g/mol. The Hall–Kier alpha value is -1.83. The Bertz CT molecular complexity index is 842. The Morgan fingerprint density at radius 3 is 2.46 bits per heavy atom. The van der Waals surface area contributed by atoms with Crippen molar-refractivity contribution in [2.24, 2.45) is 0 Å². The minimum atomic E-state index is -3.84. The number of sulfonamides is 1. The van der Waals surface area contributed by atoms with Crippen molar-refractivity contribution < 1.29 is 22.3 Å². The van der Waals surface area contributed by atoms with Gasteiger partial charge in [0, 0.05) is 19.2 Å². The smallest absolute Gasteiger partial charge is 0.243 e. The Labute approximate surface area is 145 Å². The quantitative estimate of drug-likeness (QED) is 0.779. The third-order valence-corrected chi connectivity index (χ3v) is 5.57. The first-order valence-electron chi connectivity index (χ1n) is 6.92. The highest BCUT2D eigenvalue weighted by atomic mass is 35.5. The van der Waals surface area contributed by atoms with E-state index in [0.29, 0.717) is 17.1 Å². The van der Waals surface area contributed by atoms with Gasteiger partial charge in [-0.15, -0.1) is 0 Å². The fourth-order valence-corrected chi connectivity index (χ4v) is 3.64. The number of methoxy groups -OCH3 is 2. The number of nitrogens with zero attached hydrogens (tertiary/aromatic N) is 1. The first kappa shape index (κ1) is 18.5. The summed E-state index contributed by atoms with van der Waals surface area (Å²) in [4.78, 5) is -0.0849. The molecule has 130 valence electrons. The molecule has 0 aliphatic heterocycles. The van der Waals surface area contributed by atoms with Crippen molar-refractivity contribution in [1.29, 1.82) is 0 Å². The van der Waals surface area contributed by atoms with Crippen molar-refractivity contribution in [2.45, 2.75) is 11.4 Å². The monoisotopic (exact) mass is 373 g/mol. The summed E-state index contributed by atoms with van der Waals surface area (Å²) >= 11 is 5.68. The molecule has 24 heavy (non-hydrogen) atoms. The van der Waals surface area contributed by atoms with Gasteiger partial charge in [0.2, 0.25) is 10.0 Å². The van der Waals surface area contributed by atoms with E-state index in [0.717, 1.165) is 16.4 Å². The van der Waals surface area contributed by atoms with Gasteiger partial charge in [-0.25, -0.2) is 12.8 Å². The van der Waals surface area contributed by atoms with E-state index < -0.39 is 15.8 Å². The van der Waals surface area contributed by atoms with Crippen LogP contribution in [0, 0.1) is 5.82 Å². The molecule has 0 N–H and O–H groups in total. The fourth-order valence-electron chi connectivity index (χ4n) is 2.22. The molecule has 0 bridgehead atoms. The van der Waals surface area contributed by atoms with Gasteiger partial charge < -0.3 is 9.47 Å². The molecule has 0 aromatic heterocycles. The molecule has 2 aromatic rings.